The number of hydrogen-bond acceptors (Lipinski definition) is 8. The number of anilines is 1. The van der Waals surface area contributed by atoms with Crippen LogP contribution in [0.1, 0.15) is 64.4 Å². The van der Waals surface area contributed by atoms with Crippen molar-refractivity contribution in [1.29, 1.82) is 0 Å². The number of likely N-dealkylation sites (N-methyl/N-ethyl adjacent to an activating group) is 1. The molecule has 2 heterocycles. The topological polar surface area (TPSA) is 95.4 Å². The molecule has 1 aromatic heterocycles. The summed E-state index contributed by atoms with van der Waals surface area (Å²) in [6.45, 7) is 25.7. The number of rotatable bonds is 11. The predicted molar refractivity (Wildman–Crippen MR) is 185 cm³/mol. The summed E-state index contributed by atoms with van der Waals surface area (Å²) in [4.78, 5) is 29.9. The van der Waals surface area contributed by atoms with Crippen LogP contribution in [0.4, 0.5) is 11.4 Å². The highest BCUT2D eigenvalue weighted by atomic mass is 16.5. The van der Waals surface area contributed by atoms with Gasteiger partial charge in [-0.2, -0.15) is 0 Å². The first kappa shape index (κ1) is 33.9. The lowest BCUT2D eigenvalue weighted by Gasteiger charge is -2.37. The molecule has 0 bridgehead atoms. The van der Waals surface area contributed by atoms with Gasteiger partial charge in [0.05, 0.1) is 31.5 Å². The first-order valence-electron chi connectivity index (χ1n) is 16.6. The van der Waals surface area contributed by atoms with Crippen LogP contribution < -0.4 is 9.64 Å². The summed E-state index contributed by atoms with van der Waals surface area (Å²) in [6.07, 6.45) is 1.70. The van der Waals surface area contributed by atoms with Gasteiger partial charge >= 0.3 is 5.97 Å². The van der Waals surface area contributed by atoms with Crippen molar-refractivity contribution in [1.82, 2.24) is 14.8 Å². The second kappa shape index (κ2) is 14.5. The minimum atomic E-state index is -0.573. The van der Waals surface area contributed by atoms with Crippen LogP contribution in [-0.2, 0) is 14.3 Å². The number of carbonyl (C=O) groups is 1. The highest BCUT2D eigenvalue weighted by Crippen LogP contribution is 2.39. The van der Waals surface area contributed by atoms with E-state index in [1.807, 2.05) is 51.1 Å². The SMILES string of the molecule is [C-]#[N+]C1=C(C(=O)OC2C(C)CC(C)CC2C)c2nc(-c3cc(C)ccc3OC)nn2C1=Nc1ccc(N(CC)CCOCC)cc1C. The van der Waals surface area contributed by atoms with E-state index < -0.39 is 5.97 Å². The molecular formula is C37H46N6O4. The molecule has 0 saturated heterocycles. The van der Waals surface area contributed by atoms with Gasteiger partial charge in [0.2, 0.25) is 5.70 Å². The standard InChI is InChI=1S/C37H46N6O4/c1-10-42(16-17-46-11-2)27-13-14-29(24(5)21-27)39-36-32(38-8)31(37(44)47-33-25(6)18-23(4)19-26(33)7)35-40-34(41-43(35)36)28-20-22(3)12-15-30(28)45-9/h12-15,20-21,23,25-26,33H,10-11,16-19H2,1-7,9H3. The van der Waals surface area contributed by atoms with Gasteiger partial charge in [-0.05, 0) is 94.2 Å². The number of benzene rings is 2. The van der Waals surface area contributed by atoms with Gasteiger partial charge in [0.15, 0.2) is 17.5 Å². The number of aliphatic imine (C=N–C) groups is 1. The average Bonchev–Trinajstić information content (AvgIpc) is 3.59. The van der Waals surface area contributed by atoms with Gasteiger partial charge in [-0.15, -0.1) is 5.10 Å². The molecule has 3 aromatic rings. The zero-order valence-corrected chi connectivity index (χ0v) is 28.8. The van der Waals surface area contributed by atoms with Gasteiger partial charge in [-0.3, -0.25) is 0 Å². The molecule has 1 saturated carbocycles. The van der Waals surface area contributed by atoms with Crippen LogP contribution in [0.2, 0.25) is 0 Å². The Balaban J connectivity index is 1.60. The van der Waals surface area contributed by atoms with Crippen LogP contribution >= 0.6 is 0 Å². The van der Waals surface area contributed by atoms with E-state index >= 15 is 0 Å². The van der Waals surface area contributed by atoms with Crippen molar-refractivity contribution < 1.29 is 19.0 Å². The number of carbonyl (C=O) groups excluding carboxylic acids is 1. The fraction of sp³-hybridized carbons (Fsp3) is 0.486. The highest BCUT2D eigenvalue weighted by molar-refractivity contribution is 6.29. The summed E-state index contributed by atoms with van der Waals surface area (Å²) < 4.78 is 18.9. The van der Waals surface area contributed by atoms with E-state index in [-0.39, 0.29) is 40.9 Å². The van der Waals surface area contributed by atoms with Gasteiger partial charge in [0.1, 0.15) is 17.4 Å². The molecule has 0 amide bonds. The molecule has 1 aliphatic heterocycles. The highest BCUT2D eigenvalue weighted by Gasteiger charge is 2.41. The second-order valence-corrected chi connectivity index (χ2v) is 12.8. The monoisotopic (exact) mass is 638 g/mol. The number of esters is 1. The number of fused-ring (bicyclic) bond motifs is 1. The van der Waals surface area contributed by atoms with Crippen LogP contribution in [0.5, 0.6) is 5.75 Å². The van der Waals surface area contributed by atoms with Crippen LogP contribution in [0.3, 0.4) is 0 Å². The third-order valence-corrected chi connectivity index (χ3v) is 9.17. The van der Waals surface area contributed by atoms with Crippen molar-refractivity contribution in [3.63, 3.8) is 0 Å². The minimum Gasteiger partial charge on any atom is -0.496 e. The molecule has 2 aliphatic rings. The average molecular weight is 639 g/mol. The fourth-order valence-corrected chi connectivity index (χ4v) is 6.92. The van der Waals surface area contributed by atoms with E-state index in [9.17, 15) is 4.79 Å². The molecule has 248 valence electrons. The maximum atomic E-state index is 14.1. The van der Waals surface area contributed by atoms with Crippen molar-refractivity contribution in [3.05, 3.63) is 70.5 Å². The maximum absolute atomic E-state index is 14.1. The molecule has 1 aliphatic carbocycles. The third kappa shape index (κ3) is 6.96. The van der Waals surface area contributed by atoms with Crippen LogP contribution in [-0.4, -0.2) is 66.1 Å². The van der Waals surface area contributed by atoms with E-state index in [2.05, 4.69) is 43.5 Å². The normalized spacial score (nSPS) is 21.5. The summed E-state index contributed by atoms with van der Waals surface area (Å²) in [5.74, 6) is 1.85. The number of aryl methyl sites for hydroxylation is 2. The third-order valence-electron chi connectivity index (χ3n) is 9.17. The molecular weight excluding hydrogens is 592 g/mol. The quantitative estimate of drug-likeness (QED) is 0.124. The zero-order valence-electron chi connectivity index (χ0n) is 28.8. The number of allylic oxidation sites excluding steroid dienone is 1. The summed E-state index contributed by atoms with van der Waals surface area (Å²) in [5.41, 5.74) is 4.50. The molecule has 1 fully saturated rings. The Morgan fingerprint density at radius 3 is 2.49 bits per heavy atom. The number of methoxy groups -OCH3 is 1. The van der Waals surface area contributed by atoms with Gasteiger partial charge in [0.25, 0.3) is 0 Å². The predicted octanol–water partition coefficient (Wildman–Crippen LogP) is 7.27. The van der Waals surface area contributed by atoms with E-state index in [0.29, 0.717) is 42.0 Å². The Bertz CT molecular complexity index is 1720. The van der Waals surface area contributed by atoms with Gasteiger partial charge in [-0.25, -0.2) is 24.3 Å². The second-order valence-electron chi connectivity index (χ2n) is 12.8. The lowest BCUT2D eigenvalue weighted by molar-refractivity contribution is -0.150. The molecule has 10 heteroatoms. The molecule has 5 rings (SSSR count). The molecule has 47 heavy (non-hydrogen) atoms. The van der Waals surface area contributed by atoms with E-state index in [1.54, 1.807) is 7.11 Å². The molecule has 2 aromatic carbocycles. The van der Waals surface area contributed by atoms with Gasteiger partial charge in [0, 0.05) is 25.4 Å². The number of ether oxygens (including phenoxy) is 3. The Kier molecular flexibility index (Phi) is 10.5. The molecule has 2 unspecified atom stereocenters. The van der Waals surface area contributed by atoms with Crippen molar-refractivity contribution in [3.8, 4) is 17.1 Å². The molecule has 10 nitrogen and oxygen atoms in total. The largest absolute Gasteiger partial charge is 0.496 e. The summed E-state index contributed by atoms with van der Waals surface area (Å²) in [6, 6.07) is 11.8. The number of nitrogens with zero attached hydrogens (tertiary/aromatic N) is 6. The molecule has 0 N–H and O–H groups in total. The number of hydrogen-bond donors (Lipinski definition) is 0. The van der Waals surface area contributed by atoms with Crippen molar-refractivity contribution >= 4 is 28.8 Å². The van der Waals surface area contributed by atoms with Crippen molar-refractivity contribution in [2.75, 3.05) is 38.3 Å². The minimum absolute atomic E-state index is 0.0765. The maximum Gasteiger partial charge on any atom is 0.331 e. The summed E-state index contributed by atoms with van der Waals surface area (Å²) in [5, 5.41) is 4.82. The summed E-state index contributed by atoms with van der Waals surface area (Å²) >= 11 is 0. The van der Waals surface area contributed by atoms with Gasteiger partial charge < -0.3 is 19.1 Å². The Hall–Kier alpha value is -4.49. The first-order valence-corrected chi connectivity index (χ1v) is 16.6. The Labute approximate surface area is 278 Å². The van der Waals surface area contributed by atoms with E-state index in [4.69, 9.17) is 35.9 Å². The number of aromatic nitrogens is 3. The zero-order chi connectivity index (χ0) is 33.8. The van der Waals surface area contributed by atoms with Crippen LogP contribution in [0.25, 0.3) is 21.8 Å². The summed E-state index contributed by atoms with van der Waals surface area (Å²) in [7, 11) is 1.60. The molecule has 0 spiro atoms. The Morgan fingerprint density at radius 1 is 1.11 bits per heavy atom. The smallest absolute Gasteiger partial charge is 0.331 e. The van der Waals surface area contributed by atoms with Crippen LogP contribution in [0.15, 0.2) is 47.1 Å². The lowest BCUT2D eigenvalue weighted by Crippen LogP contribution is -2.37. The lowest BCUT2D eigenvalue weighted by atomic mass is 9.75. The fourth-order valence-electron chi connectivity index (χ4n) is 6.92. The van der Waals surface area contributed by atoms with Crippen molar-refractivity contribution in [2.45, 2.75) is 67.4 Å². The Morgan fingerprint density at radius 2 is 1.85 bits per heavy atom. The molecule has 2 atom stereocenters. The van der Waals surface area contributed by atoms with Crippen molar-refractivity contribution in [2.24, 2.45) is 22.7 Å². The van der Waals surface area contributed by atoms with E-state index in [1.165, 1.54) is 4.68 Å². The first-order chi connectivity index (χ1) is 22.6. The van der Waals surface area contributed by atoms with E-state index in [0.717, 1.165) is 42.7 Å². The molecule has 0 radical (unpaired) electrons. The van der Waals surface area contributed by atoms with Gasteiger partial charge in [-0.1, -0.05) is 32.4 Å². The van der Waals surface area contributed by atoms with Crippen LogP contribution in [0, 0.1) is 38.2 Å².